The van der Waals surface area contributed by atoms with Crippen LogP contribution in [-0.2, 0) is 19.1 Å². The zero-order valence-corrected chi connectivity index (χ0v) is 19.8. The van der Waals surface area contributed by atoms with Crippen molar-refractivity contribution in [2.75, 3.05) is 32.8 Å². The van der Waals surface area contributed by atoms with E-state index in [1.165, 1.54) is 4.90 Å². The molecule has 0 saturated carbocycles. The number of β-amino-alcohol motifs (C(OH)–C–C–N with tert-alkyl or cyclic N) is 1. The van der Waals surface area contributed by atoms with Crippen LogP contribution >= 0.6 is 11.8 Å². The van der Waals surface area contributed by atoms with E-state index in [4.69, 9.17) is 4.74 Å². The first-order valence-electron chi connectivity index (χ1n) is 11.5. The summed E-state index contributed by atoms with van der Waals surface area (Å²) in [6.07, 6.45) is 6.15. The Kier molecular flexibility index (Phi) is 7.41. The molecular formula is C23H36N2O5S. The number of rotatable bonds is 11. The van der Waals surface area contributed by atoms with Crippen LogP contribution < -0.4 is 0 Å². The van der Waals surface area contributed by atoms with Crippen molar-refractivity contribution in [2.24, 2.45) is 11.8 Å². The highest BCUT2D eigenvalue weighted by Crippen LogP contribution is 2.71. The number of aliphatic hydroxyl groups excluding tert-OH is 1. The van der Waals surface area contributed by atoms with Crippen LogP contribution in [0.3, 0.4) is 0 Å². The number of carbonyl (C=O) groups excluding carboxylic acids is 3. The maximum atomic E-state index is 13.9. The molecule has 1 spiro atoms. The standard InChI is InChI=1S/C23H36N2O5S/c1-5-8-9-13-24(12-6-2)20(28)18-23-11-10-22(4,31-23)17(21(29)30-7-3)16(23)19(27)25(18)14-15-26/h6,16-18,26H,2,5,7-15H2,1,3-4H3/t16-,17+,18?,22-,23?/m0/s1. The number of thioether (sulfide) groups is 1. The van der Waals surface area contributed by atoms with Crippen molar-refractivity contribution >= 4 is 29.5 Å². The molecule has 0 aromatic rings. The van der Waals surface area contributed by atoms with Crippen molar-refractivity contribution in [3.05, 3.63) is 12.7 Å². The molecule has 2 unspecified atom stereocenters. The number of likely N-dealkylation sites (tertiary alicyclic amines) is 1. The summed E-state index contributed by atoms with van der Waals surface area (Å²) in [7, 11) is 0. The van der Waals surface area contributed by atoms with E-state index in [1.54, 1.807) is 29.7 Å². The number of amides is 2. The van der Waals surface area contributed by atoms with Crippen LogP contribution in [0.5, 0.6) is 0 Å². The fourth-order valence-electron chi connectivity index (χ4n) is 5.82. The van der Waals surface area contributed by atoms with E-state index >= 15 is 0 Å². The Morgan fingerprint density at radius 3 is 2.71 bits per heavy atom. The summed E-state index contributed by atoms with van der Waals surface area (Å²) in [6.45, 7) is 10.9. The molecule has 3 heterocycles. The minimum absolute atomic E-state index is 0.0944. The molecule has 31 heavy (non-hydrogen) atoms. The SMILES string of the molecule is C=CCN(CCCCC)C(=O)C1N(CCO)C(=O)[C@@H]2[C@H](C(=O)OCC)[C@]3(C)CCC12S3. The summed E-state index contributed by atoms with van der Waals surface area (Å²) in [5.41, 5.74) is 0. The molecule has 2 bridgehead atoms. The van der Waals surface area contributed by atoms with Gasteiger partial charge >= 0.3 is 5.97 Å². The van der Waals surface area contributed by atoms with Crippen molar-refractivity contribution in [1.82, 2.24) is 9.80 Å². The molecule has 1 N–H and O–H groups in total. The number of esters is 1. The van der Waals surface area contributed by atoms with Gasteiger partial charge in [0.05, 0.1) is 29.8 Å². The molecule has 2 amide bonds. The molecule has 0 aliphatic carbocycles. The summed E-state index contributed by atoms with van der Waals surface area (Å²) >= 11 is 1.63. The highest BCUT2D eigenvalue weighted by molar-refractivity contribution is 8.02. The van der Waals surface area contributed by atoms with E-state index in [0.29, 0.717) is 19.5 Å². The zero-order chi connectivity index (χ0) is 22.8. The van der Waals surface area contributed by atoms with Gasteiger partial charge < -0.3 is 19.6 Å². The van der Waals surface area contributed by atoms with Gasteiger partial charge in [0.25, 0.3) is 0 Å². The lowest BCUT2D eigenvalue weighted by Gasteiger charge is -2.37. The van der Waals surface area contributed by atoms with E-state index in [0.717, 1.165) is 25.7 Å². The third-order valence-corrected chi connectivity index (χ3v) is 9.07. The molecule has 5 atom stereocenters. The molecule has 3 aliphatic heterocycles. The molecule has 3 rings (SSSR count). The third kappa shape index (κ3) is 3.90. The highest BCUT2D eigenvalue weighted by Gasteiger charge is 2.77. The maximum absolute atomic E-state index is 13.9. The van der Waals surface area contributed by atoms with Gasteiger partial charge in [-0.2, -0.15) is 0 Å². The summed E-state index contributed by atoms with van der Waals surface area (Å²) < 4.78 is 4.29. The van der Waals surface area contributed by atoms with Gasteiger partial charge in [0.1, 0.15) is 6.04 Å². The predicted molar refractivity (Wildman–Crippen MR) is 120 cm³/mol. The van der Waals surface area contributed by atoms with E-state index in [-0.39, 0.29) is 37.5 Å². The fraction of sp³-hybridized carbons (Fsp3) is 0.783. The third-order valence-electron chi connectivity index (χ3n) is 7.08. The largest absolute Gasteiger partial charge is 0.466 e. The number of fused-ring (bicyclic) bond motifs is 1. The average Bonchev–Trinajstić information content (AvgIpc) is 3.29. The van der Waals surface area contributed by atoms with E-state index < -0.39 is 27.4 Å². The fourth-order valence-corrected chi connectivity index (χ4v) is 8.16. The van der Waals surface area contributed by atoms with Gasteiger partial charge in [-0.25, -0.2) is 0 Å². The lowest BCUT2D eigenvalue weighted by molar-refractivity contribution is -0.155. The van der Waals surface area contributed by atoms with Crippen molar-refractivity contribution in [3.63, 3.8) is 0 Å². The number of unbranched alkanes of at least 4 members (excludes halogenated alkanes) is 2. The van der Waals surface area contributed by atoms with E-state index in [1.807, 2.05) is 6.92 Å². The van der Waals surface area contributed by atoms with Gasteiger partial charge in [-0.15, -0.1) is 18.3 Å². The van der Waals surface area contributed by atoms with Gasteiger partial charge in [0.15, 0.2) is 0 Å². The van der Waals surface area contributed by atoms with E-state index in [2.05, 4.69) is 13.5 Å². The van der Waals surface area contributed by atoms with Crippen molar-refractivity contribution in [1.29, 1.82) is 0 Å². The minimum atomic E-state index is -0.676. The number of ether oxygens (including phenoxy) is 1. The Morgan fingerprint density at radius 2 is 2.10 bits per heavy atom. The average molecular weight is 453 g/mol. The lowest BCUT2D eigenvalue weighted by atomic mass is 9.66. The van der Waals surface area contributed by atoms with Crippen LogP contribution in [0.2, 0.25) is 0 Å². The number of hydrogen-bond donors (Lipinski definition) is 1. The van der Waals surface area contributed by atoms with Crippen LogP contribution in [0.25, 0.3) is 0 Å². The first-order chi connectivity index (χ1) is 14.8. The molecule has 8 heteroatoms. The van der Waals surface area contributed by atoms with Gasteiger partial charge in [-0.3, -0.25) is 14.4 Å². The second-order valence-electron chi connectivity index (χ2n) is 9.01. The lowest BCUT2D eigenvalue weighted by Crippen LogP contribution is -2.55. The molecule has 3 saturated heterocycles. The smallest absolute Gasteiger partial charge is 0.311 e. The van der Waals surface area contributed by atoms with Crippen LogP contribution in [0.4, 0.5) is 0 Å². The summed E-state index contributed by atoms with van der Waals surface area (Å²) in [4.78, 5) is 43.7. The second-order valence-corrected chi connectivity index (χ2v) is 10.9. The normalized spacial score (nSPS) is 33.5. The second kappa shape index (κ2) is 9.53. The predicted octanol–water partition coefficient (Wildman–Crippen LogP) is 2.23. The van der Waals surface area contributed by atoms with Crippen molar-refractivity contribution in [3.8, 4) is 0 Å². The van der Waals surface area contributed by atoms with Gasteiger partial charge in [-0.1, -0.05) is 25.8 Å². The zero-order valence-electron chi connectivity index (χ0n) is 19.0. The molecule has 3 aliphatic rings. The first kappa shape index (κ1) is 24.1. The molecule has 3 fully saturated rings. The number of nitrogens with zero attached hydrogens (tertiary/aromatic N) is 2. The molecule has 174 valence electrons. The monoisotopic (exact) mass is 452 g/mol. The van der Waals surface area contributed by atoms with Crippen LogP contribution in [0, 0.1) is 11.8 Å². The Labute approximate surface area is 189 Å². The topological polar surface area (TPSA) is 87.2 Å². The van der Waals surface area contributed by atoms with E-state index in [9.17, 15) is 19.5 Å². The quantitative estimate of drug-likeness (QED) is 0.294. The number of hydrogen-bond acceptors (Lipinski definition) is 6. The Balaban J connectivity index is 1.99. The van der Waals surface area contributed by atoms with Crippen LogP contribution in [-0.4, -0.2) is 81.1 Å². The van der Waals surface area contributed by atoms with Gasteiger partial charge in [-0.05, 0) is 33.1 Å². The molecular weight excluding hydrogens is 416 g/mol. The van der Waals surface area contributed by atoms with Gasteiger partial charge in [0, 0.05) is 24.4 Å². The van der Waals surface area contributed by atoms with Crippen molar-refractivity contribution < 1.29 is 24.2 Å². The molecule has 0 aromatic heterocycles. The number of aliphatic hydroxyl groups is 1. The molecule has 0 aromatic carbocycles. The number of carbonyl (C=O) groups is 3. The summed E-state index contributed by atoms with van der Waals surface area (Å²) in [5.74, 6) is -1.79. The van der Waals surface area contributed by atoms with Crippen molar-refractivity contribution in [2.45, 2.75) is 68.4 Å². The first-order valence-corrected chi connectivity index (χ1v) is 12.3. The van der Waals surface area contributed by atoms with Crippen LogP contribution in [0.15, 0.2) is 12.7 Å². The minimum Gasteiger partial charge on any atom is -0.466 e. The Bertz CT molecular complexity index is 731. The highest BCUT2D eigenvalue weighted by atomic mass is 32.2. The maximum Gasteiger partial charge on any atom is 0.311 e. The van der Waals surface area contributed by atoms with Gasteiger partial charge in [0.2, 0.25) is 11.8 Å². The van der Waals surface area contributed by atoms with Crippen LogP contribution in [0.1, 0.15) is 52.9 Å². The molecule has 0 radical (unpaired) electrons. The Morgan fingerprint density at radius 1 is 1.35 bits per heavy atom. The molecule has 7 nitrogen and oxygen atoms in total. The summed E-state index contributed by atoms with van der Waals surface area (Å²) in [5, 5.41) is 9.67. The summed E-state index contributed by atoms with van der Waals surface area (Å²) in [6, 6.07) is -0.676. The Hall–Kier alpha value is -1.54.